The van der Waals surface area contributed by atoms with Gasteiger partial charge in [-0.15, -0.1) is 0 Å². The van der Waals surface area contributed by atoms with Gasteiger partial charge in [-0.25, -0.2) is 9.18 Å². The van der Waals surface area contributed by atoms with Crippen LogP contribution in [0.4, 0.5) is 4.39 Å². The summed E-state index contributed by atoms with van der Waals surface area (Å²) in [6.45, 7) is 6.37. The summed E-state index contributed by atoms with van der Waals surface area (Å²) in [6.07, 6.45) is 2.91. The highest BCUT2D eigenvalue weighted by molar-refractivity contribution is 5.88. The second-order valence-electron chi connectivity index (χ2n) is 6.08. The van der Waals surface area contributed by atoms with E-state index in [1.165, 1.54) is 23.8 Å². The monoisotopic (exact) mass is 298 g/mol. The fourth-order valence-corrected chi connectivity index (χ4v) is 1.91. The molecule has 0 saturated carbocycles. The Hall–Kier alpha value is -2.42. The van der Waals surface area contributed by atoms with E-state index in [0.29, 0.717) is 5.75 Å². The molecule has 0 spiro atoms. The molecule has 0 bridgehead atoms. The Balaban J connectivity index is 1.98. The Bertz CT molecular complexity index is 662. The van der Waals surface area contributed by atoms with Crippen LogP contribution in [0.25, 0.3) is 6.08 Å². The molecule has 0 unspecified atom stereocenters. The SMILES string of the molecule is CC(C)(C)c1ccc(OC(=O)/C=C/c2ccc(F)cc2)cc1. The van der Waals surface area contributed by atoms with Crippen molar-refractivity contribution in [2.45, 2.75) is 26.2 Å². The summed E-state index contributed by atoms with van der Waals surface area (Å²) in [4.78, 5) is 11.8. The average molecular weight is 298 g/mol. The minimum Gasteiger partial charge on any atom is -0.423 e. The van der Waals surface area contributed by atoms with Gasteiger partial charge < -0.3 is 4.74 Å². The van der Waals surface area contributed by atoms with Gasteiger partial charge in [0.05, 0.1) is 0 Å². The van der Waals surface area contributed by atoms with Gasteiger partial charge in [-0.2, -0.15) is 0 Å². The lowest BCUT2D eigenvalue weighted by molar-refractivity contribution is -0.128. The molecule has 0 aliphatic rings. The van der Waals surface area contributed by atoms with Crippen molar-refractivity contribution in [3.63, 3.8) is 0 Å². The van der Waals surface area contributed by atoms with Crippen LogP contribution in [0.2, 0.25) is 0 Å². The maximum Gasteiger partial charge on any atom is 0.336 e. The maximum atomic E-state index is 12.8. The fraction of sp³-hybridized carbons (Fsp3) is 0.211. The largest absolute Gasteiger partial charge is 0.423 e. The Labute approximate surface area is 130 Å². The first kappa shape index (κ1) is 16.0. The fourth-order valence-electron chi connectivity index (χ4n) is 1.91. The molecule has 2 aromatic carbocycles. The first-order valence-electron chi connectivity index (χ1n) is 7.10. The molecular formula is C19H19FO2. The molecule has 0 radical (unpaired) electrons. The van der Waals surface area contributed by atoms with Gasteiger partial charge in [0.15, 0.2) is 0 Å². The van der Waals surface area contributed by atoms with Crippen LogP contribution in [0.3, 0.4) is 0 Å². The summed E-state index contributed by atoms with van der Waals surface area (Å²) < 4.78 is 18.0. The minimum absolute atomic E-state index is 0.0605. The lowest BCUT2D eigenvalue weighted by Crippen LogP contribution is -2.11. The van der Waals surface area contributed by atoms with Crippen molar-refractivity contribution < 1.29 is 13.9 Å². The van der Waals surface area contributed by atoms with Crippen LogP contribution in [0, 0.1) is 5.82 Å². The van der Waals surface area contributed by atoms with E-state index in [1.807, 2.05) is 12.1 Å². The van der Waals surface area contributed by atoms with Crippen molar-refractivity contribution >= 4 is 12.0 Å². The Morgan fingerprint density at radius 3 is 2.14 bits per heavy atom. The molecule has 2 rings (SSSR count). The van der Waals surface area contributed by atoms with Crippen molar-refractivity contribution in [1.82, 2.24) is 0 Å². The number of ether oxygens (including phenoxy) is 1. The maximum absolute atomic E-state index is 12.8. The molecule has 0 heterocycles. The molecule has 22 heavy (non-hydrogen) atoms. The molecule has 3 heteroatoms. The molecule has 0 saturated heterocycles. The molecule has 0 N–H and O–H groups in total. The number of hydrogen-bond acceptors (Lipinski definition) is 2. The summed E-state index contributed by atoms with van der Waals surface area (Å²) in [7, 11) is 0. The van der Waals surface area contributed by atoms with E-state index in [9.17, 15) is 9.18 Å². The topological polar surface area (TPSA) is 26.3 Å². The Morgan fingerprint density at radius 1 is 1.00 bits per heavy atom. The molecule has 0 aromatic heterocycles. The number of halogens is 1. The molecule has 0 amide bonds. The molecule has 114 valence electrons. The van der Waals surface area contributed by atoms with Gasteiger partial charge in [-0.05, 0) is 46.9 Å². The summed E-state index contributed by atoms with van der Waals surface area (Å²) in [5, 5.41) is 0. The molecule has 0 fully saturated rings. The smallest absolute Gasteiger partial charge is 0.336 e. The van der Waals surface area contributed by atoms with E-state index >= 15 is 0 Å². The number of carbonyl (C=O) groups excluding carboxylic acids is 1. The van der Waals surface area contributed by atoms with E-state index in [0.717, 1.165) is 5.56 Å². The van der Waals surface area contributed by atoms with Gasteiger partial charge in [0.1, 0.15) is 11.6 Å². The van der Waals surface area contributed by atoms with Crippen LogP contribution in [0.1, 0.15) is 31.9 Å². The van der Waals surface area contributed by atoms with Crippen LogP contribution in [-0.4, -0.2) is 5.97 Å². The van der Waals surface area contributed by atoms with Gasteiger partial charge in [-0.1, -0.05) is 45.0 Å². The standard InChI is InChI=1S/C19H19FO2/c1-19(2,3)15-7-11-17(12-8-15)22-18(21)13-6-14-4-9-16(20)10-5-14/h4-13H,1-3H3/b13-6+. The third-order valence-electron chi connectivity index (χ3n) is 3.22. The van der Waals surface area contributed by atoms with Crippen LogP contribution in [0.15, 0.2) is 54.6 Å². The number of hydrogen-bond donors (Lipinski definition) is 0. The van der Waals surface area contributed by atoms with Crippen molar-refractivity contribution in [3.05, 3.63) is 71.6 Å². The first-order chi connectivity index (χ1) is 10.3. The molecular weight excluding hydrogens is 279 g/mol. The third kappa shape index (κ3) is 4.55. The highest BCUT2D eigenvalue weighted by Crippen LogP contribution is 2.24. The van der Waals surface area contributed by atoms with Crippen LogP contribution < -0.4 is 4.74 Å². The zero-order chi connectivity index (χ0) is 16.2. The Kier molecular flexibility index (Phi) is 4.76. The van der Waals surface area contributed by atoms with Gasteiger partial charge in [-0.3, -0.25) is 0 Å². The molecule has 0 aliphatic heterocycles. The van der Waals surface area contributed by atoms with Crippen molar-refractivity contribution in [1.29, 1.82) is 0 Å². The molecule has 2 aromatic rings. The van der Waals surface area contributed by atoms with Crippen LogP contribution in [0.5, 0.6) is 5.75 Å². The number of carbonyl (C=O) groups is 1. The molecule has 0 atom stereocenters. The molecule has 2 nitrogen and oxygen atoms in total. The summed E-state index contributed by atoms with van der Waals surface area (Å²) >= 11 is 0. The van der Waals surface area contributed by atoms with Crippen molar-refractivity contribution in [2.24, 2.45) is 0 Å². The summed E-state index contributed by atoms with van der Waals surface area (Å²) in [6, 6.07) is 13.3. The quantitative estimate of drug-likeness (QED) is 0.464. The van der Waals surface area contributed by atoms with E-state index in [-0.39, 0.29) is 11.2 Å². The number of esters is 1. The highest BCUT2D eigenvalue weighted by atomic mass is 19.1. The van der Waals surface area contributed by atoms with Gasteiger partial charge in [0, 0.05) is 6.08 Å². The number of benzene rings is 2. The van der Waals surface area contributed by atoms with Gasteiger partial charge in [0.2, 0.25) is 0 Å². The van der Waals surface area contributed by atoms with E-state index in [2.05, 4.69) is 20.8 Å². The average Bonchev–Trinajstić information content (AvgIpc) is 2.46. The molecule has 0 aliphatic carbocycles. The van der Waals surface area contributed by atoms with Crippen molar-refractivity contribution in [3.8, 4) is 5.75 Å². The minimum atomic E-state index is -0.465. The third-order valence-corrected chi connectivity index (χ3v) is 3.22. The number of rotatable bonds is 3. The predicted molar refractivity (Wildman–Crippen MR) is 86.2 cm³/mol. The Morgan fingerprint density at radius 2 is 1.59 bits per heavy atom. The van der Waals surface area contributed by atoms with Gasteiger partial charge >= 0.3 is 5.97 Å². The van der Waals surface area contributed by atoms with E-state index < -0.39 is 5.97 Å². The zero-order valence-corrected chi connectivity index (χ0v) is 13.0. The van der Waals surface area contributed by atoms with Crippen LogP contribution in [-0.2, 0) is 10.2 Å². The summed E-state index contributed by atoms with van der Waals surface area (Å²) in [5.41, 5.74) is 1.97. The highest BCUT2D eigenvalue weighted by Gasteiger charge is 2.13. The van der Waals surface area contributed by atoms with E-state index in [4.69, 9.17) is 4.74 Å². The second-order valence-corrected chi connectivity index (χ2v) is 6.08. The summed E-state index contributed by atoms with van der Waals surface area (Å²) in [5.74, 6) is -0.270. The van der Waals surface area contributed by atoms with E-state index in [1.54, 1.807) is 30.3 Å². The lowest BCUT2D eigenvalue weighted by atomic mass is 9.87. The second kappa shape index (κ2) is 6.56. The first-order valence-corrected chi connectivity index (χ1v) is 7.10. The lowest BCUT2D eigenvalue weighted by Gasteiger charge is -2.18. The zero-order valence-electron chi connectivity index (χ0n) is 13.0. The van der Waals surface area contributed by atoms with Crippen LogP contribution >= 0.6 is 0 Å². The normalized spacial score (nSPS) is 11.6. The van der Waals surface area contributed by atoms with Crippen molar-refractivity contribution in [2.75, 3.05) is 0 Å². The van der Waals surface area contributed by atoms with Gasteiger partial charge in [0.25, 0.3) is 0 Å². The predicted octanol–water partition coefficient (Wildman–Crippen LogP) is 4.74.